The van der Waals surface area contributed by atoms with Crippen molar-refractivity contribution in [3.8, 4) is 0 Å². The molecule has 0 aliphatic carbocycles. The van der Waals surface area contributed by atoms with E-state index in [1.54, 1.807) is 18.5 Å². The predicted molar refractivity (Wildman–Crippen MR) is 55.9 cm³/mol. The molecule has 72 valence electrons. The van der Waals surface area contributed by atoms with Crippen LogP contribution in [0.15, 0.2) is 23.4 Å². The normalized spacial score (nSPS) is 10.9. The van der Waals surface area contributed by atoms with E-state index in [0.29, 0.717) is 5.73 Å². The minimum absolute atomic E-state index is 0.107. The maximum Gasteiger partial charge on any atom is 0.429 e. The molecule has 0 saturated heterocycles. The van der Waals surface area contributed by atoms with Crippen LogP contribution < -0.4 is 0 Å². The van der Waals surface area contributed by atoms with E-state index in [0.717, 1.165) is 6.40 Å². The first-order valence-electron chi connectivity index (χ1n) is 4.09. The third-order valence-electron chi connectivity index (χ3n) is 1.40. The van der Waals surface area contributed by atoms with Crippen LogP contribution in [0.2, 0.25) is 6.82 Å². The molecule has 0 radical (unpaired) electrons. The lowest BCUT2D eigenvalue weighted by Gasteiger charge is -2.04. The molecule has 0 bridgehead atoms. The Morgan fingerprint density at radius 2 is 2.64 bits per heavy atom. The smallest absolute Gasteiger partial charge is 0.429 e. The van der Waals surface area contributed by atoms with Crippen LogP contribution in [-0.4, -0.2) is 41.5 Å². The van der Waals surface area contributed by atoms with Crippen LogP contribution in [0.3, 0.4) is 0 Å². The molecule has 14 heavy (non-hydrogen) atoms. The molecule has 1 heterocycles. The van der Waals surface area contributed by atoms with E-state index in [4.69, 9.17) is 15.1 Å². The maximum atomic E-state index is 9.08. The average molecular weight is 192 g/mol. The molecular formula is C6H10B2N4O2. The third kappa shape index (κ3) is 3.06. The average Bonchev–Trinajstić information content (AvgIpc) is 2.64. The lowest BCUT2D eigenvalue weighted by Crippen LogP contribution is -2.25. The van der Waals surface area contributed by atoms with Gasteiger partial charge in [0.15, 0.2) is 0 Å². The minimum atomic E-state index is -0.816. The summed E-state index contributed by atoms with van der Waals surface area (Å²) in [5.41, 5.74) is 0.452. The Balaban J connectivity index is 2.77. The van der Waals surface area contributed by atoms with Crippen molar-refractivity contribution in [2.45, 2.75) is 6.82 Å². The molecule has 0 atom stereocenters. The highest BCUT2D eigenvalue weighted by Crippen LogP contribution is 1.89. The number of nitrogens with zero attached hydrogens (tertiary/aromatic N) is 3. The van der Waals surface area contributed by atoms with Crippen LogP contribution in [0.1, 0.15) is 0 Å². The monoisotopic (exact) mass is 192 g/mol. The fraction of sp³-hybridized carbons (Fsp3) is 0.167. The number of hydrogen-bond donors (Lipinski definition) is 2. The SMILES string of the molecule is CB(O)/N=C(\BOC=N)n1cccn1. The Morgan fingerprint density at radius 1 is 1.86 bits per heavy atom. The molecule has 8 heteroatoms. The van der Waals surface area contributed by atoms with E-state index in [-0.39, 0.29) is 7.48 Å². The van der Waals surface area contributed by atoms with Gasteiger partial charge in [0.2, 0.25) is 0 Å². The lowest BCUT2D eigenvalue weighted by atomic mass is 9.87. The van der Waals surface area contributed by atoms with Gasteiger partial charge in [0.05, 0.1) is 0 Å². The van der Waals surface area contributed by atoms with Crippen molar-refractivity contribution in [3.63, 3.8) is 0 Å². The minimum Gasteiger partial charge on any atom is -0.548 e. The molecule has 0 aromatic carbocycles. The lowest BCUT2D eigenvalue weighted by molar-refractivity contribution is 0.580. The highest BCUT2D eigenvalue weighted by Gasteiger charge is 2.09. The molecule has 1 rings (SSSR count). The first-order valence-corrected chi connectivity index (χ1v) is 4.09. The Hall–Kier alpha value is -1.56. The Kier molecular flexibility index (Phi) is 3.93. The molecule has 1 aromatic rings. The standard InChI is InChI=1S/C6H10B2N4O2/c1-8(13)11-6(7-14-5-9)12-4-2-3-10-12/h2-5,7,9,13H,1H3/b9-5?,11-6+. The summed E-state index contributed by atoms with van der Waals surface area (Å²) in [5, 5.41) is 19.7. The van der Waals surface area contributed by atoms with Gasteiger partial charge in [-0.2, -0.15) is 5.10 Å². The summed E-state index contributed by atoms with van der Waals surface area (Å²) < 4.78 is 6.24. The van der Waals surface area contributed by atoms with Crippen LogP contribution in [0, 0.1) is 5.41 Å². The van der Waals surface area contributed by atoms with Gasteiger partial charge in [-0.15, -0.1) is 0 Å². The van der Waals surface area contributed by atoms with Crippen molar-refractivity contribution in [2.24, 2.45) is 4.90 Å². The van der Waals surface area contributed by atoms with Crippen LogP contribution in [0.5, 0.6) is 0 Å². The second-order valence-electron chi connectivity index (χ2n) is 2.56. The highest BCUT2D eigenvalue weighted by atomic mass is 16.4. The molecule has 0 aliphatic heterocycles. The molecule has 1 aromatic heterocycles. The van der Waals surface area contributed by atoms with Gasteiger partial charge in [-0.25, -0.2) is 4.68 Å². The second kappa shape index (κ2) is 5.23. The van der Waals surface area contributed by atoms with Crippen molar-refractivity contribution in [1.82, 2.24) is 9.78 Å². The van der Waals surface area contributed by atoms with Crippen molar-refractivity contribution >= 4 is 26.7 Å². The van der Waals surface area contributed by atoms with Crippen LogP contribution in [0.4, 0.5) is 0 Å². The fourth-order valence-corrected chi connectivity index (χ4v) is 0.916. The third-order valence-corrected chi connectivity index (χ3v) is 1.40. The molecule has 0 aliphatic rings. The van der Waals surface area contributed by atoms with Crippen molar-refractivity contribution in [1.29, 1.82) is 5.41 Å². The summed E-state index contributed by atoms with van der Waals surface area (Å²) >= 11 is 0. The van der Waals surface area contributed by atoms with Crippen LogP contribution in [-0.2, 0) is 4.65 Å². The zero-order valence-corrected chi connectivity index (χ0v) is 7.79. The number of aromatic nitrogens is 2. The molecule has 0 unspecified atom stereocenters. The summed E-state index contributed by atoms with van der Waals surface area (Å²) in [6, 6.07) is 1.74. The molecule has 0 spiro atoms. The first kappa shape index (κ1) is 10.5. The largest absolute Gasteiger partial charge is 0.548 e. The van der Waals surface area contributed by atoms with Crippen molar-refractivity contribution < 1.29 is 9.68 Å². The Morgan fingerprint density at radius 3 is 3.14 bits per heavy atom. The molecule has 0 saturated carbocycles. The molecule has 6 nitrogen and oxygen atoms in total. The summed E-state index contributed by atoms with van der Waals surface area (Å²) in [5.74, 6) is 0. The van der Waals surface area contributed by atoms with Crippen molar-refractivity contribution in [3.05, 3.63) is 18.5 Å². The van der Waals surface area contributed by atoms with E-state index in [9.17, 15) is 0 Å². The number of nitrogens with one attached hydrogen (secondary N) is 1. The Labute approximate surface area is 82.5 Å². The van der Waals surface area contributed by atoms with Gasteiger partial charge in [-0.3, -0.25) is 5.41 Å². The van der Waals surface area contributed by atoms with Gasteiger partial charge >= 0.3 is 14.5 Å². The summed E-state index contributed by atoms with van der Waals surface area (Å²) in [6.45, 7) is 1.54. The second-order valence-corrected chi connectivity index (χ2v) is 2.56. The van der Waals surface area contributed by atoms with Gasteiger partial charge in [-0.05, 0) is 12.9 Å². The predicted octanol–water partition coefficient (Wildman–Crippen LogP) is -0.827. The van der Waals surface area contributed by atoms with Gasteiger partial charge in [-0.1, -0.05) is 0 Å². The molecule has 0 fully saturated rings. The Bertz CT molecular complexity index is 312. The van der Waals surface area contributed by atoms with E-state index in [1.165, 1.54) is 11.5 Å². The fourth-order valence-electron chi connectivity index (χ4n) is 0.916. The van der Waals surface area contributed by atoms with Crippen LogP contribution in [0.25, 0.3) is 0 Å². The summed E-state index contributed by atoms with van der Waals surface area (Å²) in [6.07, 6.45) is 4.11. The van der Waals surface area contributed by atoms with Gasteiger partial charge in [0.1, 0.15) is 12.1 Å². The number of hydrogen-bond acceptors (Lipinski definition) is 5. The highest BCUT2D eigenvalue weighted by molar-refractivity contribution is 6.73. The van der Waals surface area contributed by atoms with Crippen molar-refractivity contribution in [2.75, 3.05) is 0 Å². The maximum absolute atomic E-state index is 9.08. The molecular weight excluding hydrogens is 182 g/mol. The topological polar surface area (TPSA) is 83.5 Å². The van der Waals surface area contributed by atoms with E-state index in [2.05, 4.69) is 10.0 Å². The molecule has 2 N–H and O–H groups in total. The summed E-state index contributed by atoms with van der Waals surface area (Å²) in [4.78, 5) is 3.90. The zero-order valence-electron chi connectivity index (χ0n) is 7.79. The van der Waals surface area contributed by atoms with Gasteiger partial charge in [0.25, 0.3) is 0 Å². The van der Waals surface area contributed by atoms with Gasteiger partial charge in [0, 0.05) is 12.4 Å². The van der Waals surface area contributed by atoms with Crippen LogP contribution >= 0.6 is 0 Å². The molecule has 0 amide bonds. The van der Waals surface area contributed by atoms with E-state index < -0.39 is 7.05 Å². The zero-order chi connectivity index (χ0) is 10.4. The van der Waals surface area contributed by atoms with E-state index in [1.807, 2.05) is 0 Å². The first-order chi connectivity index (χ1) is 6.74. The van der Waals surface area contributed by atoms with E-state index >= 15 is 0 Å². The number of rotatable bonds is 4. The summed E-state index contributed by atoms with van der Waals surface area (Å²) in [7, 11) is -0.709. The van der Waals surface area contributed by atoms with Gasteiger partial charge < -0.3 is 14.6 Å². The quantitative estimate of drug-likeness (QED) is 0.371.